The summed E-state index contributed by atoms with van der Waals surface area (Å²) < 4.78 is 0. The fourth-order valence-corrected chi connectivity index (χ4v) is 2.64. The fraction of sp³-hybridized carbons (Fsp3) is 0. The van der Waals surface area contributed by atoms with E-state index in [9.17, 15) is 5.11 Å². The van der Waals surface area contributed by atoms with E-state index < -0.39 is 0 Å². The predicted molar refractivity (Wildman–Crippen MR) is 68.7 cm³/mol. The molecule has 1 nitrogen and oxygen atoms in total. The average Bonchev–Trinajstić information content (AvgIpc) is 2.26. The van der Waals surface area contributed by atoms with Gasteiger partial charge in [-0.3, -0.25) is 0 Å². The van der Waals surface area contributed by atoms with E-state index in [4.69, 9.17) is 23.2 Å². The van der Waals surface area contributed by atoms with Crippen molar-refractivity contribution in [2.45, 2.75) is 9.79 Å². The maximum Gasteiger partial charge on any atom is 0.131 e. The third kappa shape index (κ3) is 2.46. The van der Waals surface area contributed by atoms with Crippen molar-refractivity contribution in [1.82, 2.24) is 0 Å². The summed E-state index contributed by atoms with van der Waals surface area (Å²) in [7, 11) is 0. The van der Waals surface area contributed by atoms with Crippen molar-refractivity contribution in [2.75, 3.05) is 0 Å². The van der Waals surface area contributed by atoms with E-state index in [1.807, 2.05) is 18.2 Å². The molecule has 0 aliphatic carbocycles. The Hall–Kier alpha value is -0.830. The standard InChI is InChI=1S/C12H8Cl2OS/c13-8-4-1-2-7-11(8)16-12-9(14)5-3-6-10(12)15/h1-7,15H. The van der Waals surface area contributed by atoms with Crippen LogP contribution in [-0.4, -0.2) is 5.11 Å². The number of hydrogen-bond acceptors (Lipinski definition) is 2. The monoisotopic (exact) mass is 270 g/mol. The third-order valence-electron chi connectivity index (χ3n) is 1.99. The molecular formula is C12H8Cl2OS. The first-order chi connectivity index (χ1) is 7.68. The number of phenolic OH excluding ortho intramolecular Hbond substituents is 1. The predicted octanol–water partition coefficient (Wildman–Crippen LogP) is 4.85. The van der Waals surface area contributed by atoms with Crippen LogP contribution >= 0.6 is 35.0 Å². The first-order valence-corrected chi connectivity index (χ1v) is 6.15. The van der Waals surface area contributed by atoms with E-state index in [1.165, 1.54) is 11.8 Å². The Morgan fingerprint density at radius 3 is 2.25 bits per heavy atom. The van der Waals surface area contributed by atoms with Crippen molar-refractivity contribution in [3.63, 3.8) is 0 Å². The minimum atomic E-state index is 0.164. The highest BCUT2D eigenvalue weighted by Crippen LogP contribution is 2.41. The Kier molecular flexibility index (Phi) is 3.64. The van der Waals surface area contributed by atoms with Gasteiger partial charge in [0.1, 0.15) is 5.75 Å². The summed E-state index contributed by atoms with van der Waals surface area (Å²) in [6, 6.07) is 12.5. The molecule has 0 saturated heterocycles. The molecular weight excluding hydrogens is 263 g/mol. The average molecular weight is 271 g/mol. The summed E-state index contributed by atoms with van der Waals surface area (Å²) in [6.07, 6.45) is 0. The summed E-state index contributed by atoms with van der Waals surface area (Å²) >= 11 is 13.4. The van der Waals surface area contributed by atoms with Crippen LogP contribution in [0.25, 0.3) is 0 Å². The topological polar surface area (TPSA) is 20.2 Å². The lowest BCUT2D eigenvalue weighted by atomic mass is 10.3. The molecule has 0 fully saturated rings. The van der Waals surface area contributed by atoms with Crippen LogP contribution in [0.1, 0.15) is 0 Å². The van der Waals surface area contributed by atoms with E-state index in [0.29, 0.717) is 14.9 Å². The van der Waals surface area contributed by atoms with E-state index in [2.05, 4.69) is 0 Å². The van der Waals surface area contributed by atoms with Crippen LogP contribution in [-0.2, 0) is 0 Å². The van der Waals surface area contributed by atoms with Crippen LogP contribution < -0.4 is 0 Å². The van der Waals surface area contributed by atoms with Gasteiger partial charge in [0.15, 0.2) is 0 Å². The van der Waals surface area contributed by atoms with Crippen LogP contribution in [0.15, 0.2) is 52.3 Å². The number of aromatic hydroxyl groups is 1. The van der Waals surface area contributed by atoms with Gasteiger partial charge in [-0.1, -0.05) is 53.2 Å². The zero-order valence-corrected chi connectivity index (χ0v) is 10.5. The first kappa shape index (κ1) is 11.6. The van der Waals surface area contributed by atoms with Crippen molar-refractivity contribution in [1.29, 1.82) is 0 Å². The molecule has 0 aromatic heterocycles. The van der Waals surface area contributed by atoms with Gasteiger partial charge in [-0.25, -0.2) is 0 Å². The highest BCUT2D eigenvalue weighted by Gasteiger charge is 2.09. The molecule has 0 aliphatic heterocycles. The molecule has 0 aliphatic rings. The van der Waals surface area contributed by atoms with Crippen molar-refractivity contribution in [3.05, 3.63) is 52.5 Å². The number of halogens is 2. The van der Waals surface area contributed by atoms with Crippen molar-refractivity contribution < 1.29 is 5.11 Å². The molecule has 82 valence electrons. The molecule has 0 bridgehead atoms. The van der Waals surface area contributed by atoms with Crippen LogP contribution in [0.2, 0.25) is 10.0 Å². The second-order valence-corrected chi connectivity index (χ2v) is 4.99. The van der Waals surface area contributed by atoms with Crippen molar-refractivity contribution in [3.8, 4) is 5.75 Å². The van der Waals surface area contributed by atoms with Gasteiger partial charge in [0.25, 0.3) is 0 Å². The molecule has 0 atom stereocenters. The molecule has 0 amide bonds. The second-order valence-electron chi connectivity index (χ2n) is 3.12. The molecule has 0 spiro atoms. The van der Waals surface area contributed by atoms with Gasteiger partial charge in [0, 0.05) is 4.90 Å². The largest absolute Gasteiger partial charge is 0.507 e. The van der Waals surface area contributed by atoms with E-state index >= 15 is 0 Å². The van der Waals surface area contributed by atoms with Crippen LogP contribution in [0.5, 0.6) is 5.75 Å². The van der Waals surface area contributed by atoms with Crippen LogP contribution in [0.4, 0.5) is 0 Å². The highest BCUT2D eigenvalue weighted by atomic mass is 35.5. The molecule has 2 rings (SSSR count). The summed E-state index contributed by atoms with van der Waals surface area (Å²) in [5, 5.41) is 10.9. The Morgan fingerprint density at radius 2 is 1.56 bits per heavy atom. The summed E-state index contributed by atoms with van der Waals surface area (Å²) in [5.74, 6) is 0.164. The summed E-state index contributed by atoms with van der Waals surface area (Å²) in [4.78, 5) is 1.49. The smallest absolute Gasteiger partial charge is 0.131 e. The Balaban J connectivity index is 2.38. The zero-order chi connectivity index (χ0) is 11.5. The molecule has 4 heteroatoms. The number of phenols is 1. The minimum absolute atomic E-state index is 0.164. The zero-order valence-electron chi connectivity index (χ0n) is 8.15. The van der Waals surface area contributed by atoms with E-state index in [0.717, 1.165) is 4.90 Å². The fourth-order valence-electron chi connectivity index (χ4n) is 1.24. The van der Waals surface area contributed by atoms with Gasteiger partial charge < -0.3 is 5.11 Å². The quantitative estimate of drug-likeness (QED) is 0.842. The molecule has 0 heterocycles. The van der Waals surface area contributed by atoms with Gasteiger partial charge >= 0.3 is 0 Å². The molecule has 2 aromatic carbocycles. The molecule has 16 heavy (non-hydrogen) atoms. The van der Waals surface area contributed by atoms with Gasteiger partial charge in [-0.15, -0.1) is 0 Å². The molecule has 0 saturated carbocycles. The van der Waals surface area contributed by atoms with E-state index in [-0.39, 0.29) is 5.75 Å². The molecule has 0 radical (unpaired) electrons. The van der Waals surface area contributed by atoms with Gasteiger partial charge in [0.2, 0.25) is 0 Å². The van der Waals surface area contributed by atoms with Crippen LogP contribution in [0, 0.1) is 0 Å². The summed E-state index contributed by atoms with van der Waals surface area (Å²) in [6.45, 7) is 0. The SMILES string of the molecule is Oc1cccc(Cl)c1Sc1ccccc1Cl. The second kappa shape index (κ2) is 5.00. The number of benzene rings is 2. The number of hydrogen-bond donors (Lipinski definition) is 1. The Labute approximate surface area is 108 Å². The van der Waals surface area contributed by atoms with E-state index in [1.54, 1.807) is 24.3 Å². The summed E-state index contributed by atoms with van der Waals surface area (Å²) in [5.41, 5.74) is 0. The molecule has 1 N–H and O–H groups in total. The number of rotatable bonds is 2. The molecule has 2 aromatic rings. The third-order valence-corrected chi connectivity index (χ3v) is 4.07. The van der Waals surface area contributed by atoms with Gasteiger partial charge in [-0.05, 0) is 24.3 Å². The minimum Gasteiger partial charge on any atom is -0.507 e. The van der Waals surface area contributed by atoms with Crippen molar-refractivity contribution >= 4 is 35.0 Å². The maximum absolute atomic E-state index is 9.70. The van der Waals surface area contributed by atoms with Crippen LogP contribution in [0.3, 0.4) is 0 Å². The van der Waals surface area contributed by atoms with Crippen molar-refractivity contribution in [2.24, 2.45) is 0 Å². The molecule has 0 unspecified atom stereocenters. The van der Waals surface area contributed by atoms with Gasteiger partial charge in [-0.2, -0.15) is 0 Å². The van der Waals surface area contributed by atoms with Gasteiger partial charge in [0.05, 0.1) is 14.9 Å². The lowest BCUT2D eigenvalue weighted by Crippen LogP contribution is -1.78. The lowest BCUT2D eigenvalue weighted by Gasteiger charge is -2.07. The first-order valence-electron chi connectivity index (χ1n) is 4.58. The maximum atomic E-state index is 9.70. The normalized spacial score (nSPS) is 10.4. The Bertz CT molecular complexity index is 494. The Morgan fingerprint density at radius 1 is 0.875 bits per heavy atom. The lowest BCUT2D eigenvalue weighted by molar-refractivity contribution is 0.462. The highest BCUT2D eigenvalue weighted by molar-refractivity contribution is 7.99.